The van der Waals surface area contributed by atoms with Gasteiger partial charge in [0.1, 0.15) is 0 Å². The summed E-state index contributed by atoms with van der Waals surface area (Å²) in [6.07, 6.45) is 1.09. The summed E-state index contributed by atoms with van der Waals surface area (Å²) in [5.74, 6) is 0.515. The molecule has 0 aliphatic heterocycles. The molecule has 0 saturated heterocycles. The van der Waals surface area contributed by atoms with Gasteiger partial charge in [-0.05, 0) is 42.1 Å². The Balaban J connectivity index is 2.11. The monoisotopic (exact) mass is 279 g/mol. The number of hydrogen-bond donors (Lipinski definition) is 1. The van der Waals surface area contributed by atoms with Gasteiger partial charge in [0.05, 0.1) is 0 Å². The summed E-state index contributed by atoms with van der Waals surface area (Å²) in [6.45, 7) is 4.16. The third-order valence-electron chi connectivity index (χ3n) is 3.01. The first-order valence-electron chi connectivity index (χ1n) is 6.28. The number of thiophene rings is 1. The van der Waals surface area contributed by atoms with Crippen LogP contribution < -0.4 is 5.32 Å². The number of benzene rings is 1. The van der Waals surface area contributed by atoms with E-state index in [1.165, 1.54) is 10.4 Å². The Morgan fingerprint density at radius 1 is 1.22 bits per heavy atom. The molecule has 2 aromatic rings. The fourth-order valence-corrected chi connectivity index (χ4v) is 2.95. The lowest BCUT2D eigenvalue weighted by Crippen LogP contribution is -2.22. The average molecular weight is 280 g/mol. The van der Waals surface area contributed by atoms with Crippen LogP contribution >= 0.6 is 22.9 Å². The molecule has 1 heterocycles. The van der Waals surface area contributed by atoms with E-state index in [0.717, 1.165) is 24.5 Å². The zero-order valence-corrected chi connectivity index (χ0v) is 12.1. The van der Waals surface area contributed by atoms with E-state index in [9.17, 15) is 0 Å². The normalized spacial score (nSPS) is 12.6. The highest BCUT2D eigenvalue weighted by molar-refractivity contribution is 7.09. The van der Waals surface area contributed by atoms with Gasteiger partial charge in [0, 0.05) is 22.4 Å². The second-order valence-corrected chi connectivity index (χ2v) is 5.81. The summed E-state index contributed by atoms with van der Waals surface area (Å²) in [5, 5.41) is 6.39. The molecule has 3 heteroatoms. The third kappa shape index (κ3) is 3.84. The summed E-state index contributed by atoms with van der Waals surface area (Å²) in [7, 11) is 0. The highest BCUT2D eigenvalue weighted by atomic mass is 35.5. The zero-order valence-electron chi connectivity index (χ0n) is 10.5. The van der Waals surface area contributed by atoms with Gasteiger partial charge in [-0.2, -0.15) is 0 Å². The van der Waals surface area contributed by atoms with Gasteiger partial charge in [-0.15, -0.1) is 11.3 Å². The van der Waals surface area contributed by atoms with E-state index in [0.29, 0.717) is 5.92 Å². The van der Waals surface area contributed by atoms with Crippen molar-refractivity contribution in [2.24, 2.45) is 0 Å². The molecule has 1 N–H and O–H groups in total. The van der Waals surface area contributed by atoms with Gasteiger partial charge in [-0.3, -0.25) is 0 Å². The lowest BCUT2D eigenvalue weighted by molar-refractivity contribution is 0.598. The van der Waals surface area contributed by atoms with Crippen LogP contribution in [-0.2, 0) is 6.42 Å². The summed E-state index contributed by atoms with van der Waals surface area (Å²) >= 11 is 7.78. The lowest BCUT2D eigenvalue weighted by Gasteiger charge is -2.17. The molecule has 1 aromatic heterocycles. The Morgan fingerprint density at radius 2 is 2.00 bits per heavy atom. The first-order valence-corrected chi connectivity index (χ1v) is 7.54. The van der Waals surface area contributed by atoms with Crippen molar-refractivity contribution in [2.75, 3.05) is 13.1 Å². The van der Waals surface area contributed by atoms with E-state index in [1.54, 1.807) is 0 Å². The number of hydrogen-bond acceptors (Lipinski definition) is 2. The first kappa shape index (κ1) is 13.6. The minimum absolute atomic E-state index is 0.515. The molecule has 96 valence electrons. The van der Waals surface area contributed by atoms with Gasteiger partial charge >= 0.3 is 0 Å². The van der Waals surface area contributed by atoms with Crippen molar-refractivity contribution in [1.82, 2.24) is 5.32 Å². The molecule has 0 fully saturated rings. The van der Waals surface area contributed by atoms with Crippen molar-refractivity contribution >= 4 is 22.9 Å². The summed E-state index contributed by atoms with van der Waals surface area (Å²) < 4.78 is 0. The van der Waals surface area contributed by atoms with Gasteiger partial charge < -0.3 is 5.32 Å². The average Bonchev–Trinajstić information content (AvgIpc) is 2.88. The topological polar surface area (TPSA) is 12.0 Å². The Hall–Kier alpha value is -0.830. The predicted molar refractivity (Wildman–Crippen MR) is 80.8 cm³/mol. The van der Waals surface area contributed by atoms with E-state index < -0.39 is 0 Å². The largest absolute Gasteiger partial charge is 0.316 e. The maximum Gasteiger partial charge on any atom is 0.0406 e. The van der Waals surface area contributed by atoms with Crippen LogP contribution in [0.25, 0.3) is 0 Å². The van der Waals surface area contributed by atoms with E-state index in [-0.39, 0.29) is 0 Å². The molecule has 0 aliphatic carbocycles. The second kappa shape index (κ2) is 6.93. The van der Waals surface area contributed by atoms with Crippen LogP contribution in [0.1, 0.15) is 23.3 Å². The van der Waals surface area contributed by atoms with Gasteiger partial charge in [-0.25, -0.2) is 0 Å². The number of nitrogens with one attached hydrogen (secondary N) is 1. The van der Waals surface area contributed by atoms with Crippen molar-refractivity contribution in [1.29, 1.82) is 0 Å². The molecule has 1 nitrogen and oxygen atoms in total. The molecule has 0 aliphatic rings. The number of likely N-dealkylation sites (N-methyl/N-ethyl adjacent to an activating group) is 1. The quantitative estimate of drug-likeness (QED) is 0.830. The van der Waals surface area contributed by atoms with Crippen LogP contribution in [0.15, 0.2) is 41.8 Å². The molecular formula is C15H18ClNS. The fraction of sp³-hybridized carbons (Fsp3) is 0.333. The van der Waals surface area contributed by atoms with Crippen LogP contribution in [0.4, 0.5) is 0 Å². The minimum Gasteiger partial charge on any atom is -0.316 e. The Bertz CT molecular complexity index is 450. The Kier molecular flexibility index (Phi) is 5.24. The molecule has 1 atom stereocenters. The van der Waals surface area contributed by atoms with Crippen LogP contribution in [0.2, 0.25) is 5.02 Å². The molecule has 1 aromatic carbocycles. The maximum absolute atomic E-state index is 5.95. The summed E-state index contributed by atoms with van der Waals surface area (Å²) in [5.41, 5.74) is 1.36. The SMILES string of the molecule is CCNCC(Cc1cccs1)c1ccc(Cl)cc1. The Morgan fingerprint density at radius 3 is 2.61 bits per heavy atom. The van der Waals surface area contributed by atoms with Crippen LogP contribution in [-0.4, -0.2) is 13.1 Å². The molecule has 1 unspecified atom stereocenters. The van der Waals surface area contributed by atoms with Gasteiger partial charge in [0.2, 0.25) is 0 Å². The molecule has 2 rings (SSSR count). The van der Waals surface area contributed by atoms with Gasteiger partial charge in [-0.1, -0.05) is 36.7 Å². The van der Waals surface area contributed by atoms with E-state index in [1.807, 2.05) is 23.5 Å². The summed E-state index contributed by atoms with van der Waals surface area (Å²) in [4.78, 5) is 1.44. The highest BCUT2D eigenvalue weighted by Crippen LogP contribution is 2.24. The minimum atomic E-state index is 0.515. The lowest BCUT2D eigenvalue weighted by atomic mass is 9.95. The molecule has 0 saturated carbocycles. The third-order valence-corrected chi connectivity index (χ3v) is 4.16. The standard InChI is InChI=1S/C15H18ClNS/c1-2-17-11-13(10-15-4-3-9-18-15)12-5-7-14(16)8-6-12/h3-9,13,17H,2,10-11H2,1H3. The molecule has 0 bridgehead atoms. The molecule has 0 spiro atoms. The smallest absolute Gasteiger partial charge is 0.0406 e. The number of halogens is 1. The van der Waals surface area contributed by atoms with Crippen molar-refractivity contribution in [2.45, 2.75) is 19.3 Å². The highest BCUT2D eigenvalue weighted by Gasteiger charge is 2.12. The van der Waals surface area contributed by atoms with E-state index >= 15 is 0 Å². The molecule has 18 heavy (non-hydrogen) atoms. The van der Waals surface area contributed by atoms with Crippen LogP contribution in [0.5, 0.6) is 0 Å². The van der Waals surface area contributed by atoms with Crippen molar-refractivity contribution < 1.29 is 0 Å². The fourth-order valence-electron chi connectivity index (χ4n) is 2.03. The summed E-state index contributed by atoms with van der Waals surface area (Å²) in [6, 6.07) is 12.6. The maximum atomic E-state index is 5.95. The first-order chi connectivity index (χ1) is 8.79. The van der Waals surface area contributed by atoms with Crippen LogP contribution in [0, 0.1) is 0 Å². The molecule has 0 radical (unpaired) electrons. The van der Waals surface area contributed by atoms with Gasteiger partial charge in [0.15, 0.2) is 0 Å². The van der Waals surface area contributed by atoms with E-state index in [2.05, 4.69) is 41.9 Å². The van der Waals surface area contributed by atoms with Crippen molar-refractivity contribution in [3.8, 4) is 0 Å². The van der Waals surface area contributed by atoms with Crippen molar-refractivity contribution in [3.05, 3.63) is 57.2 Å². The predicted octanol–water partition coefficient (Wildman–Crippen LogP) is 4.34. The zero-order chi connectivity index (χ0) is 12.8. The van der Waals surface area contributed by atoms with Gasteiger partial charge in [0.25, 0.3) is 0 Å². The molecular weight excluding hydrogens is 262 g/mol. The van der Waals surface area contributed by atoms with E-state index in [4.69, 9.17) is 11.6 Å². The van der Waals surface area contributed by atoms with Crippen molar-refractivity contribution in [3.63, 3.8) is 0 Å². The Labute approximate surface area is 118 Å². The second-order valence-electron chi connectivity index (χ2n) is 4.34. The van der Waals surface area contributed by atoms with Crippen LogP contribution in [0.3, 0.4) is 0 Å². The number of rotatable bonds is 6. The molecule has 0 amide bonds.